The van der Waals surface area contributed by atoms with Gasteiger partial charge >= 0.3 is 5.97 Å². The van der Waals surface area contributed by atoms with Crippen molar-refractivity contribution in [3.8, 4) is 0 Å². The van der Waals surface area contributed by atoms with E-state index in [-0.39, 0.29) is 12.0 Å². The van der Waals surface area contributed by atoms with E-state index < -0.39 is 0 Å². The van der Waals surface area contributed by atoms with Crippen molar-refractivity contribution in [3.05, 3.63) is 18.5 Å². The van der Waals surface area contributed by atoms with Gasteiger partial charge in [0, 0.05) is 18.9 Å². The molecule has 1 aliphatic rings. The molecule has 1 saturated heterocycles. The monoisotopic (exact) mass is 237 g/mol. The summed E-state index contributed by atoms with van der Waals surface area (Å²) in [7, 11) is 1.46. The van der Waals surface area contributed by atoms with Gasteiger partial charge in [-0.15, -0.1) is 0 Å². The Morgan fingerprint density at radius 2 is 2.35 bits per heavy atom. The van der Waals surface area contributed by atoms with Gasteiger partial charge in [0.1, 0.15) is 6.04 Å². The molecule has 1 aliphatic heterocycles. The van der Waals surface area contributed by atoms with Crippen molar-refractivity contribution in [1.82, 2.24) is 14.7 Å². The zero-order valence-corrected chi connectivity index (χ0v) is 10.2. The van der Waals surface area contributed by atoms with Crippen molar-refractivity contribution in [3.63, 3.8) is 0 Å². The summed E-state index contributed by atoms with van der Waals surface area (Å²) in [5, 5.41) is 4.16. The third-order valence-electron chi connectivity index (χ3n) is 3.26. The fourth-order valence-electron chi connectivity index (χ4n) is 2.33. The van der Waals surface area contributed by atoms with Gasteiger partial charge in [-0.3, -0.25) is 14.4 Å². The summed E-state index contributed by atoms with van der Waals surface area (Å²) in [6.45, 7) is 2.64. The largest absolute Gasteiger partial charge is 0.468 e. The summed E-state index contributed by atoms with van der Waals surface area (Å²) in [4.78, 5) is 13.9. The molecule has 1 aromatic rings. The number of rotatable bonds is 4. The number of esters is 1. The molecule has 0 saturated carbocycles. The quantitative estimate of drug-likeness (QED) is 0.730. The molecule has 0 N–H and O–H groups in total. The first-order valence-corrected chi connectivity index (χ1v) is 6.10. The second kappa shape index (κ2) is 5.82. The van der Waals surface area contributed by atoms with Crippen molar-refractivity contribution in [2.45, 2.75) is 31.8 Å². The van der Waals surface area contributed by atoms with Crippen LogP contribution < -0.4 is 0 Å². The summed E-state index contributed by atoms with van der Waals surface area (Å²) in [6.07, 6.45) is 6.89. The minimum absolute atomic E-state index is 0.0655. The molecule has 0 unspecified atom stereocenters. The van der Waals surface area contributed by atoms with Gasteiger partial charge in [0.25, 0.3) is 0 Å². The molecule has 17 heavy (non-hydrogen) atoms. The summed E-state index contributed by atoms with van der Waals surface area (Å²) >= 11 is 0. The number of likely N-dealkylation sites (tertiary alicyclic amines) is 1. The summed E-state index contributed by atoms with van der Waals surface area (Å²) in [5.41, 5.74) is 0. The van der Waals surface area contributed by atoms with Crippen molar-refractivity contribution >= 4 is 5.97 Å². The maximum Gasteiger partial charge on any atom is 0.323 e. The minimum atomic E-state index is -0.106. The van der Waals surface area contributed by atoms with Crippen LogP contribution in [0.5, 0.6) is 0 Å². The molecule has 1 fully saturated rings. The third-order valence-corrected chi connectivity index (χ3v) is 3.26. The van der Waals surface area contributed by atoms with Crippen LogP contribution in [0.25, 0.3) is 0 Å². The Labute approximate surface area is 101 Å². The van der Waals surface area contributed by atoms with Crippen molar-refractivity contribution in [2.24, 2.45) is 0 Å². The average molecular weight is 237 g/mol. The lowest BCUT2D eigenvalue weighted by Gasteiger charge is -2.33. The molecule has 5 nitrogen and oxygen atoms in total. The van der Waals surface area contributed by atoms with Crippen LogP contribution in [0.2, 0.25) is 0 Å². The summed E-state index contributed by atoms with van der Waals surface area (Å²) in [5.74, 6) is -0.106. The molecule has 0 aromatic carbocycles. The maximum atomic E-state index is 11.7. The molecular formula is C12H19N3O2. The van der Waals surface area contributed by atoms with Crippen LogP contribution in [-0.4, -0.2) is 46.9 Å². The molecule has 2 heterocycles. The molecular weight excluding hydrogens is 218 g/mol. The standard InChI is InChI=1S/C12H19N3O2/c1-17-12(16)11-5-2-3-7-14(11)9-10-15-8-4-6-13-15/h4,6,8,11H,2-3,5,7,9-10H2,1H3/t11-/m1/s1. The Bertz CT molecular complexity index is 351. The van der Waals surface area contributed by atoms with Gasteiger partial charge in [-0.05, 0) is 25.5 Å². The van der Waals surface area contributed by atoms with E-state index in [4.69, 9.17) is 4.74 Å². The highest BCUT2D eigenvalue weighted by atomic mass is 16.5. The number of hydrogen-bond donors (Lipinski definition) is 0. The van der Waals surface area contributed by atoms with Crippen LogP contribution in [0.15, 0.2) is 18.5 Å². The molecule has 94 valence electrons. The third kappa shape index (κ3) is 3.06. The fourth-order valence-corrected chi connectivity index (χ4v) is 2.33. The van der Waals surface area contributed by atoms with Crippen molar-refractivity contribution in [1.29, 1.82) is 0 Å². The molecule has 0 bridgehead atoms. The zero-order chi connectivity index (χ0) is 12.1. The van der Waals surface area contributed by atoms with Crippen LogP contribution >= 0.6 is 0 Å². The van der Waals surface area contributed by atoms with Gasteiger partial charge in [-0.1, -0.05) is 6.42 Å². The van der Waals surface area contributed by atoms with Gasteiger partial charge in [0.2, 0.25) is 0 Å². The molecule has 5 heteroatoms. The molecule has 0 radical (unpaired) electrons. The lowest BCUT2D eigenvalue weighted by molar-refractivity contribution is -0.148. The number of nitrogens with zero attached hydrogens (tertiary/aromatic N) is 3. The van der Waals surface area contributed by atoms with E-state index >= 15 is 0 Å². The van der Waals surface area contributed by atoms with Crippen LogP contribution in [0.4, 0.5) is 0 Å². The van der Waals surface area contributed by atoms with E-state index in [1.54, 1.807) is 6.20 Å². The number of hydrogen-bond acceptors (Lipinski definition) is 4. The number of methoxy groups -OCH3 is 1. The Balaban J connectivity index is 1.90. The fraction of sp³-hybridized carbons (Fsp3) is 0.667. The number of ether oxygens (including phenoxy) is 1. The Kier molecular flexibility index (Phi) is 4.14. The van der Waals surface area contributed by atoms with Crippen LogP contribution in [0.3, 0.4) is 0 Å². The number of carbonyl (C=O) groups excluding carboxylic acids is 1. The van der Waals surface area contributed by atoms with E-state index in [2.05, 4.69) is 10.00 Å². The molecule has 1 aromatic heterocycles. The maximum absolute atomic E-state index is 11.7. The van der Waals surface area contributed by atoms with E-state index in [1.165, 1.54) is 7.11 Å². The number of piperidine rings is 1. The first-order valence-electron chi connectivity index (χ1n) is 6.10. The van der Waals surface area contributed by atoms with Gasteiger partial charge in [-0.25, -0.2) is 0 Å². The molecule has 0 aliphatic carbocycles. The predicted octanol–water partition coefficient (Wildman–Crippen LogP) is 0.911. The average Bonchev–Trinajstić information content (AvgIpc) is 2.89. The van der Waals surface area contributed by atoms with Crippen molar-refractivity contribution in [2.75, 3.05) is 20.2 Å². The van der Waals surface area contributed by atoms with Gasteiger partial charge in [0.15, 0.2) is 0 Å². The van der Waals surface area contributed by atoms with Gasteiger partial charge in [0.05, 0.1) is 13.7 Å². The summed E-state index contributed by atoms with van der Waals surface area (Å²) in [6, 6.07) is 1.85. The predicted molar refractivity (Wildman–Crippen MR) is 63.5 cm³/mol. The number of carbonyl (C=O) groups is 1. The van der Waals surface area contributed by atoms with E-state index in [9.17, 15) is 4.79 Å². The van der Waals surface area contributed by atoms with Crippen molar-refractivity contribution < 1.29 is 9.53 Å². The highest BCUT2D eigenvalue weighted by Crippen LogP contribution is 2.17. The Morgan fingerprint density at radius 1 is 1.47 bits per heavy atom. The molecule has 0 amide bonds. The van der Waals surface area contributed by atoms with Gasteiger partial charge < -0.3 is 4.74 Å². The lowest BCUT2D eigenvalue weighted by atomic mass is 10.0. The summed E-state index contributed by atoms with van der Waals surface area (Å²) < 4.78 is 6.75. The van der Waals surface area contributed by atoms with Crippen LogP contribution in [0.1, 0.15) is 19.3 Å². The molecule has 1 atom stereocenters. The number of aromatic nitrogens is 2. The lowest BCUT2D eigenvalue weighted by Crippen LogP contribution is -2.46. The van der Waals surface area contributed by atoms with E-state index in [0.717, 1.165) is 38.9 Å². The SMILES string of the molecule is COC(=O)[C@H]1CCCCN1CCn1cccn1. The molecule has 0 spiro atoms. The first kappa shape index (κ1) is 12.1. The minimum Gasteiger partial charge on any atom is -0.468 e. The highest BCUT2D eigenvalue weighted by molar-refractivity contribution is 5.75. The van der Waals surface area contributed by atoms with E-state index in [0.29, 0.717) is 0 Å². The van der Waals surface area contributed by atoms with Crippen LogP contribution in [0, 0.1) is 0 Å². The highest BCUT2D eigenvalue weighted by Gasteiger charge is 2.28. The zero-order valence-electron chi connectivity index (χ0n) is 10.2. The topological polar surface area (TPSA) is 47.4 Å². The Hall–Kier alpha value is -1.36. The van der Waals surface area contributed by atoms with Crippen LogP contribution in [-0.2, 0) is 16.1 Å². The van der Waals surface area contributed by atoms with Gasteiger partial charge in [-0.2, -0.15) is 5.10 Å². The van der Waals surface area contributed by atoms with E-state index in [1.807, 2.05) is 16.9 Å². The first-order chi connectivity index (χ1) is 8.31. The molecule has 2 rings (SSSR count). The normalized spacial score (nSPS) is 21.4. The Morgan fingerprint density at radius 3 is 3.06 bits per heavy atom. The second-order valence-corrected chi connectivity index (χ2v) is 4.34. The smallest absolute Gasteiger partial charge is 0.323 e. The second-order valence-electron chi connectivity index (χ2n) is 4.34.